The van der Waals surface area contributed by atoms with Gasteiger partial charge in [0.05, 0.1) is 16.0 Å². The summed E-state index contributed by atoms with van der Waals surface area (Å²) >= 11 is 7.15. The lowest BCUT2D eigenvalue weighted by Crippen LogP contribution is -2.42. The Bertz CT molecular complexity index is 850. The van der Waals surface area contributed by atoms with E-state index in [0.717, 1.165) is 48.8 Å². The van der Waals surface area contributed by atoms with E-state index in [9.17, 15) is 14.4 Å². The third kappa shape index (κ3) is 5.58. The Morgan fingerprint density at radius 1 is 1.23 bits per heavy atom. The zero-order valence-electron chi connectivity index (χ0n) is 17.4. The summed E-state index contributed by atoms with van der Waals surface area (Å²) in [5, 5.41) is 0.0249. The molecule has 2 aliphatic rings. The van der Waals surface area contributed by atoms with Crippen LogP contribution in [0.4, 0.5) is 4.79 Å². The summed E-state index contributed by atoms with van der Waals surface area (Å²) in [4.78, 5) is 40.7. The van der Waals surface area contributed by atoms with E-state index in [2.05, 4.69) is 0 Å². The molecule has 162 valence electrons. The van der Waals surface area contributed by atoms with Crippen molar-refractivity contribution in [2.45, 2.75) is 52.1 Å². The van der Waals surface area contributed by atoms with Gasteiger partial charge in [0.1, 0.15) is 12.3 Å². The Morgan fingerprint density at radius 3 is 2.57 bits per heavy atom. The van der Waals surface area contributed by atoms with Crippen LogP contribution in [0.5, 0.6) is 5.75 Å². The Labute approximate surface area is 186 Å². The molecule has 1 atom stereocenters. The number of nitrogens with zero attached hydrogens (tertiary/aromatic N) is 2. The highest BCUT2D eigenvalue weighted by Crippen LogP contribution is 2.34. The van der Waals surface area contributed by atoms with E-state index in [4.69, 9.17) is 16.3 Å². The molecule has 2 fully saturated rings. The first-order valence-electron chi connectivity index (χ1n) is 10.4. The molecule has 0 spiro atoms. The van der Waals surface area contributed by atoms with Gasteiger partial charge in [-0.2, -0.15) is 0 Å². The second-order valence-electron chi connectivity index (χ2n) is 7.59. The average Bonchev–Trinajstić information content (AvgIpc) is 2.92. The fourth-order valence-electron chi connectivity index (χ4n) is 3.35. The lowest BCUT2D eigenvalue weighted by atomic mass is 10.2. The number of imide groups is 1. The number of benzene rings is 1. The Hall–Kier alpha value is -1.99. The maximum absolute atomic E-state index is 12.7. The number of hydrogen-bond acceptors (Lipinski definition) is 5. The van der Waals surface area contributed by atoms with Crippen LogP contribution in [-0.2, 0) is 9.59 Å². The molecule has 0 radical (unpaired) electrons. The third-order valence-electron chi connectivity index (χ3n) is 5.28. The fourth-order valence-corrected chi connectivity index (χ4v) is 4.42. The van der Waals surface area contributed by atoms with Gasteiger partial charge in [-0.1, -0.05) is 37.4 Å². The molecule has 3 rings (SSSR count). The Kier molecular flexibility index (Phi) is 7.83. The summed E-state index contributed by atoms with van der Waals surface area (Å²) in [7, 11) is 0. The molecule has 30 heavy (non-hydrogen) atoms. The molecule has 0 bridgehead atoms. The van der Waals surface area contributed by atoms with Gasteiger partial charge in [-0.15, -0.1) is 0 Å². The highest BCUT2D eigenvalue weighted by atomic mass is 35.5. The number of carbonyl (C=O) groups excluding carboxylic acids is 3. The van der Waals surface area contributed by atoms with Crippen LogP contribution in [0.3, 0.4) is 0 Å². The quantitative estimate of drug-likeness (QED) is 0.573. The predicted molar refractivity (Wildman–Crippen MR) is 120 cm³/mol. The highest BCUT2D eigenvalue weighted by Gasteiger charge is 2.37. The molecular formula is C22H27ClN2O4S. The molecule has 8 heteroatoms. The summed E-state index contributed by atoms with van der Waals surface area (Å²) in [6, 6.07) is 5.25. The van der Waals surface area contributed by atoms with E-state index in [1.165, 1.54) is 0 Å². The van der Waals surface area contributed by atoms with Gasteiger partial charge in [-0.25, -0.2) is 0 Å². The molecule has 0 N–H and O–H groups in total. The SMILES string of the molecule is CCC(C)Oc1ccc(C=C2SC(=O)N(CC(=O)N3CCCCCC3)C2=O)cc1Cl. The summed E-state index contributed by atoms with van der Waals surface area (Å²) in [5.74, 6) is -0.0291. The van der Waals surface area contributed by atoms with E-state index < -0.39 is 11.1 Å². The summed E-state index contributed by atoms with van der Waals surface area (Å²) in [5.41, 5.74) is 0.695. The highest BCUT2D eigenvalue weighted by molar-refractivity contribution is 8.18. The van der Waals surface area contributed by atoms with Crippen molar-refractivity contribution in [2.75, 3.05) is 19.6 Å². The minimum atomic E-state index is -0.441. The van der Waals surface area contributed by atoms with Crippen molar-refractivity contribution in [3.05, 3.63) is 33.7 Å². The monoisotopic (exact) mass is 450 g/mol. The van der Waals surface area contributed by atoms with Crippen LogP contribution in [0.25, 0.3) is 6.08 Å². The lowest BCUT2D eigenvalue weighted by Gasteiger charge is -2.22. The van der Waals surface area contributed by atoms with Crippen molar-refractivity contribution in [2.24, 2.45) is 0 Å². The van der Waals surface area contributed by atoms with E-state index in [1.54, 1.807) is 29.2 Å². The largest absolute Gasteiger partial charge is 0.489 e. The molecule has 0 saturated carbocycles. The van der Waals surface area contributed by atoms with Gasteiger partial charge in [-0.05, 0) is 61.7 Å². The molecule has 0 aliphatic carbocycles. The molecule has 2 aliphatic heterocycles. The number of likely N-dealkylation sites (tertiary alicyclic amines) is 1. The first-order valence-corrected chi connectivity index (χ1v) is 11.6. The maximum atomic E-state index is 12.7. The molecule has 6 nitrogen and oxygen atoms in total. The van der Waals surface area contributed by atoms with E-state index >= 15 is 0 Å². The van der Waals surface area contributed by atoms with Crippen molar-refractivity contribution < 1.29 is 19.1 Å². The Balaban J connectivity index is 1.68. The molecule has 2 saturated heterocycles. The number of amides is 3. The van der Waals surface area contributed by atoms with Crippen molar-refractivity contribution in [3.8, 4) is 5.75 Å². The van der Waals surface area contributed by atoms with Crippen molar-refractivity contribution in [1.82, 2.24) is 9.80 Å². The molecule has 1 aromatic carbocycles. The van der Waals surface area contributed by atoms with Crippen LogP contribution >= 0.6 is 23.4 Å². The second kappa shape index (κ2) is 10.4. The molecule has 0 aromatic heterocycles. The van der Waals surface area contributed by atoms with Gasteiger partial charge in [0, 0.05) is 13.1 Å². The van der Waals surface area contributed by atoms with Crippen LogP contribution in [0.15, 0.2) is 23.1 Å². The lowest BCUT2D eigenvalue weighted by molar-refractivity contribution is -0.135. The van der Waals surface area contributed by atoms with E-state index in [0.29, 0.717) is 29.4 Å². The number of hydrogen-bond donors (Lipinski definition) is 0. The third-order valence-corrected chi connectivity index (χ3v) is 6.49. The molecule has 3 amide bonds. The number of ether oxygens (including phenoxy) is 1. The summed E-state index contributed by atoms with van der Waals surface area (Å²) < 4.78 is 5.76. The average molecular weight is 451 g/mol. The van der Waals surface area contributed by atoms with Gasteiger partial charge in [0.2, 0.25) is 5.91 Å². The number of halogens is 1. The fraction of sp³-hybridized carbons (Fsp3) is 0.500. The summed E-state index contributed by atoms with van der Waals surface area (Å²) in [6.07, 6.45) is 6.68. The number of thioether (sulfide) groups is 1. The van der Waals surface area contributed by atoms with Crippen LogP contribution in [0.1, 0.15) is 51.5 Å². The zero-order valence-corrected chi connectivity index (χ0v) is 18.9. The van der Waals surface area contributed by atoms with Crippen molar-refractivity contribution in [1.29, 1.82) is 0 Å². The first kappa shape index (κ1) is 22.7. The number of carbonyl (C=O) groups is 3. The van der Waals surface area contributed by atoms with Crippen LogP contribution in [0.2, 0.25) is 5.02 Å². The van der Waals surface area contributed by atoms with E-state index in [1.807, 2.05) is 13.8 Å². The minimum absolute atomic E-state index is 0.0478. The van der Waals surface area contributed by atoms with Crippen LogP contribution < -0.4 is 4.74 Å². The summed E-state index contributed by atoms with van der Waals surface area (Å²) in [6.45, 7) is 5.17. The normalized spacial score (nSPS) is 19.9. The number of rotatable bonds is 6. The van der Waals surface area contributed by atoms with Crippen LogP contribution in [-0.4, -0.2) is 52.6 Å². The predicted octanol–water partition coefficient (Wildman–Crippen LogP) is 4.96. The second-order valence-corrected chi connectivity index (χ2v) is 8.99. The van der Waals surface area contributed by atoms with E-state index in [-0.39, 0.29) is 23.5 Å². The van der Waals surface area contributed by atoms with Crippen molar-refractivity contribution in [3.63, 3.8) is 0 Å². The van der Waals surface area contributed by atoms with Gasteiger partial charge in [0.25, 0.3) is 11.1 Å². The maximum Gasteiger partial charge on any atom is 0.294 e. The van der Waals surface area contributed by atoms with Crippen molar-refractivity contribution >= 4 is 46.5 Å². The van der Waals surface area contributed by atoms with Gasteiger partial charge >= 0.3 is 0 Å². The standard InChI is InChI=1S/C22H27ClN2O4S/c1-3-15(2)29-18-9-8-16(12-17(18)23)13-19-21(27)25(22(28)30-19)14-20(26)24-10-6-4-5-7-11-24/h8-9,12-13,15H,3-7,10-11,14H2,1-2H3. The molecular weight excluding hydrogens is 424 g/mol. The topological polar surface area (TPSA) is 66.9 Å². The molecule has 2 heterocycles. The molecule has 1 unspecified atom stereocenters. The smallest absolute Gasteiger partial charge is 0.294 e. The van der Waals surface area contributed by atoms with Gasteiger partial charge < -0.3 is 9.64 Å². The van der Waals surface area contributed by atoms with Crippen LogP contribution in [0, 0.1) is 0 Å². The zero-order chi connectivity index (χ0) is 21.7. The first-order chi connectivity index (χ1) is 14.4. The van der Waals surface area contributed by atoms with Gasteiger partial charge in [-0.3, -0.25) is 19.3 Å². The van der Waals surface area contributed by atoms with Gasteiger partial charge in [0.15, 0.2) is 0 Å². The minimum Gasteiger partial charge on any atom is -0.489 e. The molecule has 1 aromatic rings. The Morgan fingerprint density at radius 2 is 1.93 bits per heavy atom.